The van der Waals surface area contributed by atoms with Gasteiger partial charge in [0.05, 0.1) is 11.3 Å². The number of primary amides is 1. The predicted molar refractivity (Wildman–Crippen MR) is 94.2 cm³/mol. The summed E-state index contributed by atoms with van der Waals surface area (Å²) in [6, 6.07) is 6.92. The van der Waals surface area contributed by atoms with E-state index in [0.717, 1.165) is 18.2 Å². The number of carbonyl (C=O) groups is 1. The minimum absolute atomic E-state index is 0.0512. The average molecular weight is 450 g/mol. The van der Waals surface area contributed by atoms with E-state index in [4.69, 9.17) is 17.3 Å². The number of benzene rings is 2. The van der Waals surface area contributed by atoms with Crippen molar-refractivity contribution in [3.63, 3.8) is 0 Å². The van der Waals surface area contributed by atoms with Crippen LogP contribution < -0.4 is 5.73 Å². The Labute approximate surface area is 169 Å². The quantitative estimate of drug-likeness (QED) is 0.550. The van der Waals surface area contributed by atoms with Crippen molar-refractivity contribution in [1.82, 2.24) is 9.78 Å². The van der Waals surface area contributed by atoms with E-state index in [2.05, 4.69) is 5.10 Å². The zero-order valence-corrected chi connectivity index (χ0v) is 15.3. The lowest BCUT2D eigenvalue weighted by Gasteiger charge is -2.12. The molecule has 1 heterocycles. The number of rotatable bonds is 3. The zero-order valence-electron chi connectivity index (χ0n) is 14.5. The molecule has 0 saturated carbocycles. The van der Waals surface area contributed by atoms with Crippen molar-refractivity contribution in [2.24, 2.45) is 5.73 Å². The van der Waals surface area contributed by atoms with Crippen molar-refractivity contribution in [2.45, 2.75) is 12.4 Å². The first kappa shape index (κ1) is 21.5. The topological polar surface area (TPSA) is 81.1 Å². The number of nitrogens with two attached hydrogens (primary N) is 1. The molecule has 0 radical (unpaired) electrons. The first-order valence-electron chi connectivity index (χ1n) is 7.96. The number of phenols is 1. The molecule has 0 spiro atoms. The van der Waals surface area contributed by atoms with Crippen LogP contribution >= 0.6 is 11.6 Å². The number of alkyl halides is 6. The van der Waals surface area contributed by atoms with Crippen LogP contribution in [-0.2, 0) is 12.4 Å². The monoisotopic (exact) mass is 449 g/mol. The number of carbonyl (C=O) groups excluding carboxylic acids is 1. The standard InChI is InChI=1S/C18H10ClF6N3O2/c19-9-5-11(15(29)12(6-9)16(26)30)8-1-3-10(4-2-8)28-14(18(23,24)25)7-13(27-28)17(20,21)22/h1-7,29H,(H2,26,30). The lowest BCUT2D eigenvalue weighted by atomic mass is 10.0. The summed E-state index contributed by atoms with van der Waals surface area (Å²) in [7, 11) is 0. The minimum Gasteiger partial charge on any atom is -0.506 e. The molecule has 5 nitrogen and oxygen atoms in total. The number of amides is 1. The van der Waals surface area contributed by atoms with Crippen LogP contribution in [0.2, 0.25) is 5.02 Å². The summed E-state index contributed by atoms with van der Waals surface area (Å²) in [5, 5.41) is 13.3. The highest BCUT2D eigenvalue weighted by Crippen LogP contribution is 2.38. The van der Waals surface area contributed by atoms with Gasteiger partial charge in [0.2, 0.25) is 0 Å². The van der Waals surface area contributed by atoms with Crippen molar-refractivity contribution in [1.29, 1.82) is 0 Å². The van der Waals surface area contributed by atoms with Gasteiger partial charge in [-0.1, -0.05) is 23.7 Å². The lowest BCUT2D eigenvalue weighted by Crippen LogP contribution is -2.13. The van der Waals surface area contributed by atoms with Crippen molar-refractivity contribution >= 4 is 17.5 Å². The van der Waals surface area contributed by atoms with Gasteiger partial charge in [-0.25, -0.2) is 4.68 Å². The molecule has 3 N–H and O–H groups in total. The van der Waals surface area contributed by atoms with E-state index in [1.165, 1.54) is 18.2 Å². The van der Waals surface area contributed by atoms with Gasteiger partial charge in [-0.15, -0.1) is 0 Å². The number of aromatic hydroxyl groups is 1. The maximum Gasteiger partial charge on any atom is 0.435 e. The minimum atomic E-state index is -5.09. The molecule has 3 aromatic rings. The predicted octanol–water partition coefficient (Wildman–Crippen LogP) is 5.03. The van der Waals surface area contributed by atoms with Crippen LogP contribution in [0.5, 0.6) is 5.75 Å². The number of nitrogens with zero attached hydrogens (tertiary/aromatic N) is 2. The number of hydrogen-bond donors (Lipinski definition) is 2. The van der Waals surface area contributed by atoms with Crippen LogP contribution in [0.1, 0.15) is 21.7 Å². The summed E-state index contributed by atoms with van der Waals surface area (Å²) in [6.07, 6.45) is -10.2. The fourth-order valence-corrected chi connectivity index (χ4v) is 2.93. The Hall–Kier alpha value is -3.21. The molecule has 1 aromatic heterocycles. The van der Waals surface area contributed by atoms with E-state index in [1.54, 1.807) is 0 Å². The molecule has 0 aliphatic heterocycles. The van der Waals surface area contributed by atoms with Crippen LogP contribution in [0.4, 0.5) is 26.3 Å². The first-order valence-corrected chi connectivity index (χ1v) is 8.34. The molecule has 0 aliphatic carbocycles. The zero-order chi connectivity index (χ0) is 22.4. The molecular weight excluding hydrogens is 440 g/mol. The Kier molecular flexibility index (Phi) is 5.19. The van der Waals surface area contributed by atoms with E-state index in [0.29, 0.717) is 0 Å². The average Bonchev–Trinajstić information content (AvgIpc) is 3.09. The molecule has 0 aliphatic rings. The Morgan fingerprint density at radius 1 is 1.00 bits per heavy atom. The van der Waals surface area contributed by atoms with Gasteiger partial charge in [0.15, 0.2) is 5.69 Å². The van der Waals surface area contributed by atoms with Gasteiger partial charge >= 0.3 is 12.4 Å². The summed E-state index contributed by atoms with van der Waals surface area (Å²) in [5.41, 5.74) is 1.54. The SMILES string of the molecule is NC(=O)c1cc(Cl)cc(-c2ccc(-n3nc(C(F)(F)F)cc3C(F)(F)F)cc2)c1O. The highest BCUT2D eigenvalue weighted by molar-refractivity contribution is 6.31. The van der Waals surface area contributed by atoms with E-state index in [-0.39, 0.29) is 38.1 Å². The summed E-state index contributed by atoms with van der Waals surface area (Å²) >= 11 is 5.89. The van der Waals surface area contributed by atoms with Gasteiger partial charge in [0.1, 0.15) is 11.4 Å². The van der Waals surface area contributed by atoms with Gasteiger partial charge in [0.25, 0.3) is 5.91 Å². The maximum absolute atomic E-state index is 13.2. The molecule has 12 heteroatoms. The molecular formula is C18H10ClF6N3O2. The van der Waals surface area contributed by atoms with Gasteiger partial charge in [-0.3, -0.25) is 4.79 Å². The van der Waals surface area contributed by atoms with Crippen LogP contribution in [0.3, 0.4) is 0 Å². The van der Waals surface area contributed by atoms with Gasteiger partial charge in [0, 0.05) is 16.7 Å². The Morgan fingerprint density at radius 3 is 2.10 bits per heavy atom. The Morgan fingerprint density at radius 2 is 1.60 bits per heavy atom. The Bertz CT molecular complexity index is 1120. The molecule has 2 aromatic carbocycles. The van der Waals surface area contributed by atoms with Crippen LogP contribution in [0.15, 0.2) is 42.5 Å². The van der Waals surface area contributed by atoms with Gasteiger partial charge in [-0.05, 0) is 29.8 Å². The van der Waals surface area contributed by atoms with E-state index in [9.17, 15) is 36.2 Å². The summed E-state index contributed by atoms with van der Waals surface area (Å²) < 4.78 is 78.2. The first-order chi connectivity index (χ1) is 13.8. The highest BCUT2D eigenvalue weighted by atomic mass is 35.5. The molecule has 0 fully saturated rings. The second kappa shape index (κ2) is 7.24. The molecule has 3 rings (SSSR count). The molecule has 158 valence electrons. The number of aromatic nitrogens is 2. The smallest absolute Gasteiger partial charge is 0.435 e. The maximum atomic E-state index is 13.2. The van der Waals surface area contributed by atoms with Gasteiger partial charge < -0.3 is 10.8 Å². The fraction of sp³-hybridized carbons (Fsp3) is 0.111. The Balaban J connectivity index is 2.10. The molecule has 0 atom stereocenters. The van der Waals surface area contributed by atoms with Crippen LogP contribution in [0.25, 0.3) is 16.8 Å². The van der Waals surface area contributed by atoms with Crippen molar-refractivity contribution in [3.05, 3.63) is 64.4 Å². The third-order valence-electron chi connectivity index (χ3n) is 4.05. The lowest BCUT2D eigenvalue weighted by molar-refractivity contribution is -0.143. The fourth-order valence-electron chi connectivity index (χ4n) is 2.71. The second-order valence-corrected chi connectivity index (χ2v) is 6.52. The largest absolute Gasteiger partial charge is 0.506 e. The van der Waals surface area contributed by atoms with Crippen molar-refractivity contribution in [3.8, 4) is 22.6 Å². The third kappa shape index (κ3) is 4.06. The highest BCUT2D eigenvalue weighted by Gasteiger charge is 2.42. The molecule has 0 saturated heterocycles. The molecule has 0 unspecified atom stereocenters. The summed E-state index contributed by atoms with van der Waals surface area (Å²) in [6.45, 7) is 0. The number of halogens is 7. The molecule has 30 heavy (non-hydrogen) atoms. The van der Waals surface area contributed by atoms with Crippen molar-refractivity contribution < 1.29 is 36.2 Å². The van der Waals surface area contributed by atoms with Crippen molar-refractivity contribution in [2.75, 3.05) is 0 Å². The molecule has 0 bridgehead atoms. The molecule has 1 amide bonds. The van der Waals surface area contributed by atoms with Crippen LogP contribution in [-0.4, -0.2) is 20.8 Å². The third-order valence-corrected chi connectivity index (χ3v) is 4.27. The normalized spacial score (nSPS) is 12.2. The van der Waals surface area contributed by atoms with E-state index >= 15 is 0 Å². The summed E-state index contributed by atoms with van der Waals surface area (Å²) in [4.78, 5) is 11.4. The van der Waals surface area contributed by atoms with E-state index < -0.39 is 35.4 Å². The van der Waals surface area contributed by atoms with Crippen LogP contribution in [0, 0.1) is 0 Å². The second-order valence-electron chi connectivity index (χ2n) is 6.08. The van der Waals surface area contributed by atoms with E-state index in [1.807, 2.05) is 0 Å². The number of hydrogen-bond acceptors (Lipinski definition) is 3. The summed E-state index contributed by atoms with van der Waals surface area (Å²) in [5.74, 6) is -1.46. The van der Waals surface area contributed by atoms with Gasteiger partial charge in [-0.2, -0.15) is 31.4 Å².